The van der Waals surface area contributed by atoms with Crippen molar-refractivity contribution in [3.63, 3.8) is 0 Å². The van der Waals surface area contributed by atoms with Crippen molar-refractivity contribution < 1.29 is 4.79 Å². The van der Waals surface area contributed by atoms with Crippen LogP contribution in [0.4, 0.5) is 16.4 Å². The monoisotopic (exact) mass is 391 g/mol. The Bertz CT molecular complexity index is 874. The maximum Gasteiger partial charge on any atom is 0.317 e. The van der Waals surface area contributed by atoms with Crippen molar-refractivity contribution in [3.8, 4) is 6.07 Å². The first-order valence-corrected chi connectivity index (χ1v) is 10.1. The summed E-state index contributed by atoms with van der Waals surface area (Å²) >= 11 is 0. The molecule has 3 heterocycles. The topological polar surface area (TPSA) is 97.2 Å². The zero-order valence-corrected chi connectivity index (χ0v) is 16.3. The second kappa shape index (κ2) is 8.78. The molecule has 2 fully saturated rings. The number of carbonyl (C=O) groups is 1. The third kappa shape index (κ3) is 4.57. The number of piperidine rings is 1. The van der Waals surface area contributed by atoms with E-state index >= 15 is 0 Å². The van der Waals surface area contributed by atoms with E-state index in [-0.39, 0.29) is 18.1 Å². The molecule has 1 aromatic carbocycles. The lowest BCUT2D eigenvalue weighted by Gasteiger charge is -2.35. The molecule has 2 saturated heterocycles. The molecule has 8 nitrogen and oxygen atoms in total. The fraction of sp³-hybridized carbons (Fsp3) is 0.429. The fourth-order valence-electron chi connectivity index (χ4n) is 3.99. The number of urea groups is 1. The Morgan fingerprint density at radius 3 is 2.52 bits per heavy atom. The van der Waals surface area contributed by atoms with E-state index in [4.69, 9.17) is 0 Å². The molecule has 2 aliphatic heterocycles. The Balaban J connectivity index is 1.25. The van der Waals surface area contributed by atoms with Gasteiger partial charge in [-0.3, -0.25) is 0 Å². The Morgan fingerprint density at radius 1 is 1.03 bits per heavy atom. The van der Waals surface area contributed by atoms with E-state index in [1.54, 1.807) is 18.5 Å². The summed E-state index contributed by atoms with van der Waals surface area (Å²) in [5.74, 6) is 0.602. The van der Waals surface area contributed by atoms with Gasteiger partial charge < -0.3 is 20.4 Å². The number of nitrogens with one attached hydrogen (secondary N) is 2. The van der Waals surface area contributed by atoms with Gasteiger partial charge in [-0.15, -0.1) is 0 Å². The van der Waals surface area contributed by atoms with Crippen LogP contribution >= 0.6 is 0 Å². The largest absolute Gasteiger partial charge is 0.370 e. The maximum absolute atomic E-state index is 12.7. The highest BCUT2D eigenvalue weighted by Gasteiger charge is 2.29. The number of carbonyl (C=O) groups excluding carboxylic acids is 1. The number of benzene rings is 1. The molecule has 2 aliphatic rings. The molecular weight excluding hydrogens is 366 g/mol. The molecule has 0 saturated carbocycles. The van der Waals surface area contributed by atoms with Crippen LogP contribution in [-0.2, 0) is 0 Å². The van der Waals surface area contributed by atoms with E-state index in [0.29, 0.717) is 18.1 Å². The molecule has 0 aliphatic carbocycles. The summed E-state index contributed by atoms with van der Waals surface area (Å²) in [5.41, 5.74) is 1.68. The summed E-state index contributed by atoms with van der Waals surface area (Å²) in [6.45, 7) is 3.04. The van der Waals surface area contributed by atoms with Gasteiger partial charge in [0.25, 0.3) is 0 Å². The van der Waals surface area contributed by atoms with Crippen molar-refractivity contribution in [2.24, 2.45) is 0 Å². The van der Waals surface area contributed by atoms with E-state index in [0.717, 1.165) is 44.6 Å². The van der Waals surface area contributed by atoms with Crippen LogP contribution in [-0.4, -0.2) is 59.2 Å². The minimum absolute atomic E-state index is 0.000782. The average molecular weight is 391 g/mol. The highest BCUT2D eigenvalue weighted by Crippen LogP contribution is 2.24. The molecule has 2 aromatic rings. The highest BCUT2D eigenvalue weighted by molar-refractivity contribution is 5.75. The number of para-hydroxylation sites is 1. The van der Waals surface area contributed by atoms with Crippen molar-refractivity contribution in [3.05, 3.63) is 48.3 Å². The molecule has 2 N–H and O–H groups in total. The Labute approximate surface area is 170 Å². The van der Waals surface area contributed by atoms with Crippen LogP contribution in [0.15, 0.2) is 42.7 Å². The first-order valence-electron chi connectivity index (χ1n) is 10.1. The lowest BCUT2D eigenvalue weighted by Crippen LogP contribution is -2.49. The van der Waals surface area contributed by atoms with Gasteiger partial charge in [-0.2, -0.15) is 5.26 Å². The van der Waals surface area contributed by atoms with Gasteiger partial charge in [-0.25, -0.2) is 14.8 Å². The number of likely N-dealkylation sites (tertiary alicyclic amines) is 1. The van der Waals surface area contributed by atoms with Crippen LogP contribution in [0.2, 0.25) is 0 Å². The first kappa shape index (κ1) is 19.0. The van der Waals surface area contributed by atoms with Gasteiger partial charge in [0, 0.05) is 50.7 Å². The SMILES string of the molecule is N#Cc1ccccc1N1CCC(NC(=O)N2CCC(Nc3ncccn3)C2)CC1. The number of rotatable bonds is 4. The Morgan fingerprint density at radius 2 is 1.76 bits per heavy atom. The summed E-state index contributed by atoms with van der Waals surface area (Å²) in [4.78, 5) is 25.1. The zero-order valence-electron chi connectivity index (χ0n) is 16.3. The maximum atomic E-state index is 12.7. The van der Waals surface area contributed by atoms with Crippen molar-refractivity contribution in [1.82, 2.24) is 20.2 Å². The number of amides is 2. The number of hydrogen-bond acceptors (Lipinski definition) is 6. The zero-order chi connectivity index (χ0) is 20.1. The second-order valence-electron chi connectivity index (χ2n) is 7.49. The molecule has 0 spiro atoms. The van der Waals surface area contributed by atoms with Gasteiger partial charge in [-0.05, 0) is 37.5 Å². The van der Waals surface area contributed by atoms with Crippen molar-refractivity contribution in [1.29, 1.82) is 5.26 Å². The van der Waals surface area contributed by atoms with E-state index in [1.165, 1.54) is 0 Å². The van der Waals surface area contributed by atoms with Crippen LogP contribution in [0.5, 0.6) is 0 Å². The van der Waals surface area contributed by atoms with Crippen molar-refractivity contribution in [2.45, 2.75) is 31.3 Å². The van der Waals surface area contributed by atoms with Gasteiger partial charge >= 0.3 is 6.03 Å². The number of hydrogen-bond donors (Lipinski definition) is 2. The Hall–Kier alpha value is -3.34. The predicted molar refractivity (Wildman–Crippen MR) is 111 cm³/mol. The average Bonchev–Trinajstić information content (AvgIpc) is 3.24. The number of aromatic nitrogens is 2. The highest BCUT2D eigenvalue weighted by atomic mass is 16.2. The van der Waals surface area contributed by atoms with Gasteiger partial charge in [-0.1, -0.05) is 12.1 Å². The number of nitriles is 1. The van der Waals surface area contributed by atoms with Gasteiger partial charge in [0.15, 0.2) is 0 Å². The summed E-state index contributed by atoms with van der Waals surface area (Å²) in [6, 6.07) is 12.1. The van der Waals surface area contributed by atoms with E-state index in [9.17, 15) is 10.1 Å². The lowest BCUT2D eigenvalue weighted by molar-refractivity contribution is 0.201. The van der Waals surface area contributed by atoms with Gasteiger partial charge in [0.1, 0.15) is 6.07 Å². The smallest absolute Gasteiger partial charge is 0.317 e. The summed E-state index contributed by atoms with van der Waals surface area (Å²) in [5, 5.41) is 15.8. The molecule has 150 valence electrons. The lowest BCUT2D eigenvalue weighted by atomic mass is 10.0. The molecule has 1 aromatic heterocycles. The van der Waals surface area contributed by atoms with Crippen LogP contribution in [0.25, 0.3) is 0 Å². The number of anilines is 2. The van der Waals surface area contributed by atoms with E-state index in [2.05, 4.69) is 31.6 Å². The molecular formula is C21H25N7O. The third-order valence-corrected chi connectivity index (χ3v) is 5.56. The van der Waals surface area contributed by atoms with Crippen LogP contribution in [0.3, 0.4) is 0 Å². The minimum Gasteiger partial charge on any atom is -0.370 e. The second-order valence-corrected chi connectivity index (χ2v) is 7.49. The summed E-state index contributed by atoms with van der Waals surface area (Å²) in [6.07, 6.45) is 6.04. The summed E-state index contributed by atoms with van der Waals surface area (Å²) in [7, 11) is 0. The summed E-state index contributed by atoms with van der Waals surface area (Å²) < 4.78 is 0. The standard InChI is InChI=1S/C21H25N7O/c22-14-16-4-1-2-5-19(16)27-11-6-17(7-12-27)26-21(29)28-13-8-18(15-28)25-20-23-9-3-10-24-20/h1-5,9-10,17-18H,6-8,11-13,15H2,(H,26,29)(H,23,24,25). The molecule has 4 rings (SSSR count). The molecule has 2 amide bonds. The van der Waals surface area contributed by atoms with E-state index in [1.807, 2.05) is 29.2 Å². The number of nitrogens with zero attached hydrogens (tertiary/aromatic N) is 5. The van der Waals surface area contributed by atoms with Gasteiger partial charge in [0.05, 0.1) is 11.3 Å². The molecule has 1 atom stereocenters. The van der Waals surface area contributed by atoms with Gasteiger partial charge in [0.2, 0.25) is 5.95 Å². The fourth-order valence-corrected chi connectivity index (χ4v) is 3.99. The van der Waals surface area contributed by atoms with Crippen molar-refractivity contribution >= 4 is 17.7 Å². The van der Waals surface area contributed by atoms with E-state index < -0.39 is 0 Å². The Kier molecular flexibility index (Phi) is 5.75. The molecule has 0 radical (unpaired) electrons. The normalized spacial score (nSPS) is 19.6. The minimum atomic E-state index is -0.000782. The molecule has 29 heavy (non-hydrogen) atoms. The first-order chi connectivity index (χ1) is 14.2. The predicted octanol–water partition coefficient (Wildman–Crippen LogP) is 2.21. The molecule has 8 heteroatoms. The molecule has 1 unspecified atom stereocenters. The van der Waals surface area contributed by atoms with Crippen LogP contribution in [0.1, 0.15) is 24.8 Å². The van der Waals surface area contributed by atoms with Crippen LogP contribution in [0, 0.1) is 11.3 Å². The molecule has 0 bridgehead atoms. The van der Waals surface area contributed by atoms with Crippen LogP contribution < -0.4 is 15.5 Å². The quantitative estimate of drug-likeness (QED) is 0.829. The third-order valence-electron chi connectivity index (χ3n) is 5.56. The van der Waals surface area contributed by atoms with Crippen molar-refractivity contribution in [2.75, 3.05) is 36.4 Å².